The van der Waals surface area contributed by atoms with Crippen LogP contribution in [0.5, 0.6) is 0 Å². The van der Waals surface area contributed by atoms with Gasteiger partial charge in [-0.3, -0.25) is 9.78 Å². The van der Waals surface area contributed by atoms with Gasteiger partial charge in [-0.25, -0.2) is 10.4 Å². The molecule has 2 N–H and O–H groups in total. The van der Waals surface area contributed by atoms with E-state index < -0.39 is 5.56 Å². The lowest BCUT2D eigenvalue weighted by Gasteiger charge is -2.06. The molecule has 0 bridgehead atoms. The molecular formula is C16H10ClN5OS. The van der Waals surface area contributed by atoms with Gasteiger partial charge in [-0.1, -0.05) is 29.8 Å². The zero-order valence-electron chi connectivity index (χ0n) is 12.2. The first-order valence-corrected chi connectivity index (χ1v) is 8.06. The van der Waals surface area contributed by atoms with Crippen LogP contribution in [0, 0.1) is 11.3 Å². The van der Waals surface area contributed by atoms with Crippen molar-refractivity contribution in [2.24, 2.45) is 5.10 Å². The molecule has 0 aliphatic carbocycles. The third-order valence-corrected chi connectivity index (χ3v) is 4.11. The van der Waals surface area contributed by atoms with Gasteiger partial charge in [0.1, 0.15) is 11.6 Å². The van der Waals surface area contributed by atoms with Crippen LogP contribution in [-0.4, -0.2) is 16.2 Å². The Bertz CT molecular complexity index is 971. The molecule has 2 heterocycles. The fraction of sp³-hybridized carbons (Fsp3) is 0. The molecule has 0 aliphatic rings. The predicted molar refractivity (Wildman–Crippen MR) is 95.6 cm³/mol. The minimum Gasteiger partial charge on any atom is -0.290 e. The molecule has 0 fully saturated rings. The van der Waals surface area contributed by atoms with Crippen LogP contribution in [-0.2, 0) is 0 Å². The molecule has 24 heavy (non-hydrogen) atoms. The van der Waals surface area contributed by atoms with E-state index in [1.807, 2.05) is 23.6 Å². The molecule has 0 radical (unpaired) electrons. The molecule has 0 saturated heterocycles. The summed E-state index contributed by atoms with van der Waals surface area (Å²) >= 11 is 7.40. The summed E-state index contributed by atoms with van der Waals surface area (Å²) in [4.78, 5) is 19.8. The van der Waals surface area contributed by atoms with Gasteiger partial charge in [0.05, 0.1) is 11.9 Å². The molecule has 0 spiro atoms. The largest absolute Gasteiger partial charge is 0.290 e. The number of nitrogens with zero attached hydrogens (tertiary/aromatic N) is 3. The molecule has 118 valence electrons. The van der Waals surface area contributed by atoms with E-state index in [-0.39, 0.29) is 17.2 Å². The summed E-state index contributed by atoms with van der Waals surface area (Å²) in [6.45, 7) is 0. The Morgan fingerprint density at radius 2 is 2.12 bits per heavy atom. The second-order valence-corrected chi connectivity index (χ2v) is 6.06. The van der Waals surface area contributed by atoms with Crippen molar-refractivity contribution >= 4 is 35.1 Å². The number of aromatic amines is 1. The Morgan fingerprint density at radius 1 is 1.33 bits per heavy atom. The summed E-state index contributed by atoms with van der Waals surface area (Å²) in [5, 5.41) is 15.7. The van der Waals surface area contributed by atoms with Crippen LogP contribution in [0.25, 0.3) is 11.3 Å². The number of hydrogen-bond donors (Lipinski definition) is 2. The number of halogens is 1. The average Bonchev–Trinajstić information content (AvgIpc) is 3.08. The number of nitrogens with one attached hydrogen (secondary N) is 2. The molecule has 0 atom stereocenters. The summed E-state index contributed by atoms with van der Waals surface area (Å²) in [6, 6.07) is 12.4. The monoisotopic (exact) mass is 355 g/mol. The predicted octanol–water partition coefficient (Wildman–Crippen LogP) is 3.47. The third kappa shape index (κ3) is 3.51. The van der Waals surface area contributed by atoms with Crippen LogP contribution >= 0.6 is 22.9 Å². The Balaban J connectivity index is 1.96. The lowest BCUT2D eigenvalue weighted by atomic mass is 10.1. The standard InChI is InChI=1S/C16H10ClN5OS/c17-11-5-3-10(4-6-11)14-13(8-18)15(23)21-16(20-14)22-19-9-12-2-1-7-24-12/h1-7,9H,(H2,20,21,22,23)/b19-9-. The van der Waals surface area contributed by atoms with Gasteiger partial charge in [-0.2, -0.15) is 10.4 Å². The van der Waals surface area contributed by atoms with Crippen LogP contribution < -0.4 is 11.0 Å². The molecule has 8 heteroatoms. The third-order valence-electron chi connectivity index (χ3n) is 3.05. The maximum absolute atomic E-state index is 12.1. The lowest BCUT2D eigenvalue weighted by molar-refractivity contribution is 1.08. The molecule has 2 aromatic heterocycles. The highest BCUT2D eigenvalue weighted by Gasteiger charge is 2.13. The van der Waals surface area contributed by atoms with E-state index in [2.05, 4.69) is 20.5 Å². The Morgan fingerprint density at radius 3 is 2.79 bits per heavy atom. The smallest absolute Gasteiger partial charge is 0.270 e. The van der Waals surface area contributed by atoms with Crippen molar-refractivity contribution in [1.82, 2.24) is 9.97 Å². The lowest BCUT2D eigenvalue weighted by Crippen LogP contribution is -2.16. The number of hydrazone groups is 1. The van der Waals surface area contributed by atoms with E-state index in [0.29, 0.717) is 10.6 Å². The summed E-state index contributed by atoms with van der Waals surface area (Å²) in [5.74, 6) is 0.150. The molecule has 0 aliphatic heterocycles. The normalized spacial score (nSPS) is 10.7. The van der Waals surface area contributed by atoms with E-state index >= 15 is 0 Å². The van der Waals surface area contributed by atoms with Gasteiger partial charge in [0, 0.05) is 15.5 Å². The first-order chi connectivity index (χ1) is 11.7. The van der Waals surface area contributed by atoms with Crippen molar-refractivity contribution in [3.05, 3.63) is 67.6 Å². The van der Waals surface area contributed by atoms with Crippen molar-refractivity contribution in [1.29, 1.82) is 5.26 Å². The Kier molecular flexibility index (Phi) is 4.70. The first kappa shape index (κ1) is 15.9. The minimum atomic E-state index is -0.536. The minimum absolute atomic E-state index is 0.0647. The number of hydrogen-bond acceptors (Lipinski definition) is 6. The van der Waals surface area contributed by atoms with Crippen molar-refractivity contribution < 1.29 is 0 Å². The van der Waals surface area contributed by atoms with Gasteiger partial charge < -0.3 is 0 Å². The number of H-pyrrole nitrogens is 1. The van der Waals surface area contributed by atoms with Crippen LogP contribution in [0.1, 0.15) is 10.4 Å². The summed E-state index contributed by atoms with van der Waals surface area (Å²) < 4.78 is 0. The van der Waals surface area contributed by atoms with E-state index in [9.17, 15) is 10.1 Å². The van der Waals surface area contributed by atoms with Crippen LogP contribution in [0.4, 0.5) is 5.95 Å². The van der Waals surface area contributed by atoms with Crippen molar-refractivity contribution in [2.75, 3.05) is 5.43 Å². The molecule has 1 aromatic carbocycles. The van der Waals surface area contributed by atoms with Gasteiger partial charge in [0.15, 0.2) is 0 Å². The topological polar surface area (TPSA) is 93.9 Å². The van der Waals surface area contributed by atoms with Gasteiger partial charge in [-0.15, -0.1) is 11.3 Å². The van der Waals surface area contributed by atoms with Crippen LogP contribution in [0.15, 0.2) is 51.7 Å². The summed E-state index contributed by atoms with van der Waals surface area (Å²) in [6.07, 6.45) is 1.62. The van der Waals surface area contributed by atoms with Crippen LogP contribution in [0.3, 0.4) is 0 Å². The zero-order valence-corrected chi connectivity index (χ0v) is 13.7. The van der Waals surface area contributed by atoms with Crippen molar-refractivity contribution in [3.8, 4) is 17.3 Å². The highest BCUT2D eigenvalue weighted by molar-refractivity contribution is 7.11. The van der Waals surface area contributed by atoms with Gasteiger partial charge in [0.25, 0.3) is 5.56 Å². The number of benzene rings is 1. The molecule has 3 rings (SSSR count). The maximum Gasteiger partial charge on any atom is 0.270 e. The van der Waals surface area contributed by atoms with E-state index in [0.717, 1.165) is 4.88 Å². The quantitative estimate of drug-likeness (QED) is 0.553. The Hall–Kier alpha value is -2.95. The fourth-order valence-electron chi connectivity index (χ4n) is 1.97. The van der Waals surface area contributed by atoms with E-state index in [1.54, 1.807) is 30.5 Å². The number of anilines is 1. The van der Waals surface area contributed by atoms with Crippen molar-refractivity contribution in [2.45, 2.75) is 0 Å². The highest BCUT2D eigenvalue weighted by atomic mass is 35.5. The second-order valence-electron chi connectivity index (χ2n) is 4.64. The number of nitriles is 1. The molecule has 0 saturated carbocycles. The maximum atomic E-state index is 12.1. The first-order valence-electron chi connectivity index (χ1n) is 6.80. The van der Waals surface area contributed by atoms with Gasteiger partial charge in [-0.05, 0) is 23.6 Å². The number of aromatic nitrogens is 2. The number of thiophene rings is 1. The van der Waals surface area contributed by atoms with E-state index in [4.69, 9.17) is 11.6 Å². The van der Waals surface area contributed by atoms with E-state index in [1.165, 1.54) is 11.3 Å². The molecule has 3 aromatic rings. The SMILES string of the molecule is N#Cc1c(-c2ccc(Cl)cc2)nc(N/N=C\c2cccs2)[nH]c1=O. The Labute approximate surface area is 146 Å². The number of rotatable bonds is 4. The molecule has 0 unspecified atom stereocenters. The average molecular weight is 356 g/mol. The fourth-order valence-corrected chi connectivity index (χ4v) is 2.68. The second kappa shape index (κ2) is 7.08. The van der Waals surface area contributed by atoms with Gasteiger partial charge in [0.2, 0.25) is 5.95 Å². The molecule has 0 amide bonds. The van der Waals surface area contributed by atoms with Gasteiger partial charge >= 0.3 is 0 Å². The molecular weight excluding hydrogens is 346 g/mol. The zero-order chi connectivity index (χ0) is 16.9. The van der Waals surface area contributed by atoms with Crippen molar-refractivity contribution in [3.63, 3.8) is 0 Å². The molecule has 6 nitrogen and oxygen atoms in total. The summed E-state index contributed by atoms with van der Waals surface area (Å²) in [7, 11) is 0. The van der Waals surface area contributed by atoms with Crippen LogP contribution in [0.2, 0.25) is 5.02 Å². The summed E-state index contributed by atoms with van der Waals surface area (Å²) in [5.41, 5.74) is 2.96. The highest BCUT2D eigenvalue weighted by Crippen LogP contribution is 2.22.